The van der Waals surface area contributed by atoms with Crippen LogP contribution in [-0.4, -0.2) is 29.7 Å². The normalized spacial score (nSPS) is 12.2. The van der Waals surface area contributed by atoms with Crippen molar-refractivity contribution in [1.82, 2.24) is 10.6 Å². The molecule has 1 heterocycles. The minimum Gasteiger partial charge on any atom is -0.480 e. The fraction of sp³-hybridized carbons (Fsp3) is 0.538. The molecule has 1 aromatic heterocycles. The van der Waals surface area contributed by atoms with Gasteiger partial charge in [0.05, 0.1) is 4.34 Å². The van der Waals surface area contributed by atoms with Crippen molar-refractivity contribution in [1.29, 1.82) is 0 Å². The molecule has 3 N–H and O–H groups in total. The summed E-state index contributed by atoms with van der Waals surface area (Å²) >= 11 is 7.27. The first-order valence-corrected chi connectivity index (χ1v) is 7.59. The van der Waals surface area contributed by atoms with Crippen molar-refractivity contribution < 1.29 is 14.7 Å². The van der Waals surface area contributed by atoms with Crippen LogP contribution >= 0.6 is 22.9 Å². The highest BCUT2D eigenvalue weighted by Gasteiger charge is 2.20. The number of aliphatic carboxylic acids is 1. The van der Waals surface area contributed by atoms with Crippen LogP contribution in [0.15, 0.2) is 12.1 Å². The highest BCUT2D eigenvalue weighted by Crippen LogP contribution is 2.21. The maximum Gasteiger partial charge on any atom is 0.326 e. The van der Waals surface area contributed by atoms with E-state index in [9.17, 15) is 9.59 Å². The summed E-state index contributed by atoms with van der Waals surface area (Å²) in [6.45, 7) is 4.27. The first-order valence-electron chi connectivity index (χ1n) is 6.40. The predicted molar refractivity (Wildman–Crippen MR) is 80.4 cm³/mol. The molecule has 0 aromatic carbocycles. The summed E-state index contributed by atoms with van der Waals surface area (Å²) in [5.41, 5.74) is 0. The molecule has 2 amide bonds. The van der Waals surface area contributed by atoms with Gasteiger partial charge in [-0.25, -0.2) is 9.59 Å². The Bertz CT molecular complexity index is 462. The maximum atomic E-state index is 11.6. The lowest BCUT2D eigenvalue weighted by molar-refractivity contribution is -0.139. The van der Waals surface area contributed by atoms with Gasteiger partial charge in [0, 0.05) is 11.4 Å². The molecule has 0 unspecified atom stereocenters. The van der Waals surface area contributed by atoms with Gasteiger partial charge < -0.3 is 15.7 Å². The third-order valence-corrected chi connectivity index (χ3v) is 3.89. The number of amides is 2. The molecule has 1 rings (SSSR count). The number of carbonyl (C=O) groups is 2. The summed E-state index contributed by atoms with van der Waals surface area (Å²) in [7, 11) is 0. The van der Waals surface area contributed by atoms with E-state index in [4.69, 9.17) is 16.7 Å². The standard InChI is InChI=1S/C13H19ClN2O3S/c1-8(2)7-10(12(17)18)16-13(19)15-6-5-9-3-4-11(14)20-9/h3-4,8,10H,5-7H2,1-2H3,(H,17,18)(H2,15,16,19)/t10-/m0/s1. The molecule has 0 radical (unpaired) electrons. The molecule has 0 saturated heterocycles. The Morgan fingerprint density at radius 2 is 2.10 bits per heavy atom. The van der Waals surface area contributed by atoms with Gasteiger partial charge in [-0.05, 0) is 30.9 Å². The zero-order valence-electron chi connectivity index (χ0n) is 11.5. The van der Waals surface area contributed by atoms with Crippen LogP contribution in [0.3, 0.4) is 0 Å². The SMILES string of the molecule is CC(C)C[C@H](NC(=O)NCCc1ccc(Cl)s1)C(=O)O. The Kier molecular flexibility index (Phi) is 6.81. The second-order valence-corrected chi connectivity index (χ2v) is 6.68. The number of carboxylic acid groups (broad SMARTS) is 1. The van der Waals surface area contributed by atoms with Crippen LogP contribution in [-0.2, 0) is 11.2 Å². The fourth-order valence-corrected chi connectivity index (χ4v) is 2.77. The van der Waals surface area contributed by atoms with E-state index < -0.39 is 18.0 Å². The van der Waals surface area contributed by atoms with Gasteiger partial charge in [-0.3, -0.25) is 0 Å². The molecule has 0 spiro atoms. The summed E-state index contributed by atoms with van der Waals surface area (Å²) in [6.07, 6.45) is 1.08. The summed E-state index contributed by atoms with van der Waals surface area (Å²) in [6, 6.07) is 2.41. The van der Waals surface area contributed by atoms with Crippen LogP contribution in [0.1, 0.15) is 25.1 Å². The quantitative estimate of drug-likeness (QED) is 0.723. The molecule has 1 atom stereocenters. The van der Waals surface area contributed by atoms with E-state index in [2.05, 4.69) is 10.6 Å². The molecule has 0 aliphatic carbocycles. The lowest BCUT2D eigenvalue weighted by atomic mass is 10.0. The molecule has 20 heavy (non-hydrogen) atoms. The highest BCUT2D eigenvalue weighted by atomic mass is 35.5. The van der Waals surface area contributed by atoms with E-state index in [1.165, 1.54) is 11.3 Å². The molecule has 0 bridgehead atoms. The van der Waals surface area contributed by atoms with Gasteiger partial charge in [-0.1, -0.05) is 25.4 Å². The number of halogens is 1. The van der Waals surface area contributed by atoms with Gasteiger partial charge in [0.25, 0.3) is 0 Å². The number of hydrogen-bond acceptors (Lipinski definition) is 3. The minimum atomic E-state index is -1.01. The third-order valence-electron chi connectivity index (χ3n) is 2.60. The lowest BCUT2D eigenvalue weighted by Gasteiger charge is -2.16. The number of carbonyl (C=O) groups excluding carboxylic acids is 1. The Hall–Kier alpha value is -1.27. The fourth-order valence-electron chi connectivity index (χ4n) is 1.69. The van der Waals surface area contributed by atoms with Crippen molar-refractivity contribution in [2.24, 2.45) is 5.92 Å². The zero-order valence-corrected chi connectivity index (χ0v) is 13.1. The summed E-state index contributed by atoms with van der Waals surface area (Å²) in [4.78, 5) is 23.7. The Morgan fingerprint density at radius 1 is 1.40 bits per heavy atom. The molecule has 5 nitrogen and oxygen atoms in total. The Balaban J connectivity index is 2.32. The summed E-state index contributed by atoms with van der Waals surface area (Å²) in [5.74, 6) is -0.816. The van der Waals surface area contributed by atoms with Crippen molar-refractivity contribution in [3.8, 4) is 0 Å². The van der Waals surface area contributed by atoms with Gasteiger partial charge in [0.15, 0.2) is 0 Å². The molecule has 112 valence electrons. The van der Waals surface area contributed by atoms with Gasteiger partial charge in [-0.15, -0.1) is 11.3 Å². The van der Waals surface area contributed by atoms with E-state index in [0.717, 1.165) is 4.88 Å². The second kappa shape index (κ2) is 8.11. The highest BCUT2D eigenvalue weighted by molar-refractivity contribution is 7.16. The lowest BCUT2D eigenvalue weighted by Crippen LogP contribution is -2.47. The molecular formula is C13H19ClN2O3S. The monoisotopic (exact) mass is 318 g/mol. The third kappa shape index (κ3) is 6.25. The molecule has 0 aliphatic heterocycles. The summed E-state index contributed by atoms with van der Waals surface area (Å²) < 4.78 is 0.715. The first-order chi connectivity index (χ1) is 9.38. The number of rotatable bonds is 7. The van der Waals surface area contributed by atoms with Gasteiger partial charge >= 0.3 is 12.0 Å². The van der Waals surface area contributed by atoms with Crippen molar-refractivity contribution in [2.75, 3.05) is 6.54 Å². The van der Waals surface area contributed by atoms with Crippen molar-refractivity contribution >= 4 is 34.9 Å². The largest absolute Gasteiger partial charge is 0.480 e. The minimum absolute atomic E-state index is 0.199. The molecular weight excluding hydrogens is 300 g/mol. The van der Waals surface area contributed by atoms with E-state index in [-0.39, 0.29) is 5.92 Å². The number of nitrogens with one attached hydrogen (secondary N) is 2. The van der Waals surface area contributed by atoms with Gasteiger partial charge in [0.2, 0.25) is 0 Å². The average Bonchev–Trinajstić information content (AvgIpc) is 2.73. The van der Waals surface area contributed by atoms with E-state index in [1.807, 2.05) is 26.0 Å². The number of urea groups is 1. The van der Waals surface area contributed by atoms with E-state index >= 15 is 0 Å². The van der Waals surface area contributed by atoms with Crippen LogP contribution in [0.5, 0.6) is 0 Å². The number of hydrogen-bond donors (Lipinski definition) is 3. The van der Waals surface area contributed by atoms with Crippen LogP contribution in [0, 0.1) is 5.92 Å². The Labute approximate surface area is 127 Å². The van der Waals surface area contributed by atoms with Crippen LogP contribution in [0.25, 0.3) is 0 Å². The predicted octanol–water partition coefficient (Wildman–Crippen LogP) is 2.74. The smallest absolute Gasteiger partial charge is 0.326 e. The average molecular weight is 319 g/mol. The topological polar surface area (TPSA) is 78.4 Å². The zero-order chi connectivity index (χ0) is 15.1. The van der Waals surface area contributed by atoms with Crippen LogP contribution in [0.4, 0.5) is 4.79 Å². The molecule has 0 saturated carbocycles. The van der Waals surface area contributed by atoms with Gasteiger partial charge in [-0.2, -0.15) is 0 Å². The molecule has 1 aromatic rings. The van der Waals surface area contributed by atoms with Crippen LogP contribution in [0.2, 0.25) is 4.34 Å². The maximum absolute atomic E-state index is 11.6. The summed E-state index contributed by atoms with van der Waals surface area (Å²) in [5, 5.41) is 14.1. The van der Waals surface area contributed by atoms with Gasteiger partial charge in [0.1, 0.15) is 6.04 Å². The van der Waals surface area contributed by atoms with Crippen molar-refractivity contribution in [3.63, 3.8) is 0 Å². The first kappa shape index (κ1) is 16.8. The molecule has 7 heteroatoms. The van der Waals surface area contributed by atoms with Crippen molar-refractivity contribution in [2.45, 2.75) is 32.7 Å². The second-order valence-electron chi connectivity index (χ2n) is 4.88. The molecule has 0 fully saturated rings. The number of thiophene rings is 1. The van der Waals surface area contributed by atoms with Crippen LogP contribution < -0.4 is 10.6 Å². The van der Waals surface area contributed by atoms with Crippen molar-refractivity contribution in [3.05, 3.63) is 21.3 Å². The molecule has 0 aliphatic rings. The van der Waals surface area contributed by atoms with E-state index in [0.29, 0.717) is 23.7 Å². The Morgan fingerprint density at radius 3 is 2.60 bits per heavy atom. The number of carboxylic acids is 1. The van der Waals surface area contributed by atoms with E-state index in [1.54, 1.807) is 0 Å².